The number of fused-ring (bicyclic) bond motifs is 3. The zero-order chi connectivity index (χ0) is 33.3. The minimum absolute atomic E-state index is 0.502. The molecule has 0 aliphatic heterocycles. The van der Waals surface area contributed by atoms with E-state index in [1.807, 2.05) is 0 Å². The van der Waals surface area contributed by atoms with E-state index in [0.29, 0.717) is 0 Å². The van der Waals surface area contributed by atoms with E-state index < -0.39 is 5.41 Å². The maximum absolute atomic E-state index is 2.44. The Kier molecular flexibility index (Phi) is 7.44. The van der Waals surface area contributed by atoms with Crippen molar-refractivity contribution in [2.45, 2.75) is 5.41 Å². The van der Waals surface area contributed by atoms with Gasteiger partial charge in [-0.05, 0) is 92.0 Å². The molecule has 1 aliphatic carbocycles. The summed E-state index contributed by atoms with van der Waals surface area (Å²) in [5.74, 6) is 0. The van der Waals surface area contributed by atoms with Gasteiger partial charge in [-0.1, -0.05) is 176 Å². The summed E-state index contributed by atoms with van der Waals surface area (Å²) in [4.78, 5) is 2.38. The molecule has 1 atom stereocenters. The third-order valence-corrected chi connectivity index (χ3v) is 10.2. The van der Waals surface area contributed by atoms with Gasteiger partial charge in [-0.2, -0.15) is 0 Å². The van der Waals surface area contributed by atoms with Crippen LogP contribution in [0.4, 0.5) is 17.1 Å². The first-order valence-corrected chi connectivity index (χ1v) is 17.3. The molecule has 0 heterocycles. The summed E-state index contributed by atoms with van der Waals surface area (Å²) in [7, 11) is 0. The van der Waals surface area contributed by atoms with Gasteiger partial charge in [0.05, 0.1) is 5.41 Å². The van der Waals surface area contributed by atoms with Crippen molar-refractivity contribution in [2.75, 3.05) is 4.90 Å². The summed E-state index contributed by atoms with van der Waals surface area (Å²) in [5, 5.41) is 0. The van der Waals surface area contributed by atoms with Gasteiger partial charge < -0.3 is 4.90 Å². The van der Waals surface area contributed by atoms with Gasteiger partial charge >= 0.3 is 0 Å². The fraction of sp³-hybridized carbons (Fsp3) is 0.0204. The average molecular weight is 638 g/mol. The molecular formula is C49H35N. The Labute approximate surface area is 294 Å². The average Bonchev–Trinajstić information content (AvgIpc) is 3.50. The molecular weight excluding hydrogens is 603 g/mol. The zero-order valence-corrected chi connectivity index (χ0v) is 27.7. The van der Waals surface area contributed by atoms with Crippen LogP contribution in [0.1, 0.15) is 22.3 Å². The van der Waals surface area contributed by atoms with E-state index in [4.69, 9.17) is 0 Å². The van der Waals surface area contributed by atoms with Crippen LogP contribution in [-0.2, 0) is 5.41 Å². The molecule has 9 rings (SSSR count). The third-order valence-electron chi connectivity index (χ3n) is 10.2. The highest BCUT2D eigenvalue weighted by atomic mass is 15.1. The van der Waals surface area contributed by atoms with E-state index in [1.54, 1.807) is 0 Å². The second-order valence-electron chi connectivity index (χ2n) is 12.9. The number of rotatable bonds is 7. The molecule has 50 heavy (non-hydrogen) atoms. The van der Waals surface area contributed by atoms with Gasteiger partial charge in [0.15, 0.2) is 0 Å². The lowest BCUT2D eigenvalue weighted by atomic mass is 9.67. The molecule has 1 aliphatic rings. The Morgan fingerprint density at radius 2 is 0.700 bits per heavy atom. The van der Waals surface area contributed by atoms with Crippen LogP contribution in [-0.4, -0.2) is 0 Å². The molecule has 1 nitrogen and oxygen atoms in total. The van der Waals surface area contributed by atoms with Crippen LogP contribution >= 0.6 is 0 Å². The number of hydrogen-bond acceptors (Lipinski definition) is 1. The minimum atomic E-state index is -0.502. The molecule has 0 aromatic heterocycles. The summed E-state index contributed by atoms with van der Waals surface area (Å²) < 4.78 is 0. The summed E-state index contributed by atoms with van der Waals surface area (Å²) in [6.45, 7) is 0. The van der Waals surface area contributed by atoms with E-state index in [9.17, 15) is 0 Å². The van der Waals surface area contributed by atoms with Crippen molar-refractivity contribution in [1.29, 1.82) is 0 Å². The Balaban J connectivity index is 1.26. The monoisotopic (exact) mass is 637 g/mol. The van der Waals surface area contributed by atoms with E-state index >= 15 is 0 Å². The van der Waals surface area contributed by atoms with Gasteiger partial charge in [-0.3, -0.25) is 0 Å². The minimum Gasteiger partial charge on any atom is -0.310 e. The third kappa shape index (κ3) is 4.95. The molecule has 0 saturated heterocycles. The lowest BCUT2D eigenvalue weighted by Gasteiger charge is -2.35. The molecule has 0 bridgehead atoms. The maximum Gasteiger partial charge on any atom is 0.0714 e. The maximum atomic E-state index is 2.44. The Hall–Kier alpha value is -6.44. The normalized spacial score (nSPS) is 14.5. The highest BCUT2D eigenvalue weighted by Gasteiger charge is 2.46. The molecule has 8 aromatic rings. The highest BCUT2D eigenvalue weighted by molar-refractivity contribution is 5.90. The second-order valence-corrected chi connectivity index (χ2v) is 12.9. The second kappa shape index (κ2) is 12.5. The van der Waals surface area contributed by atoms with Crippen LogP contribution in [0.2, 0.25) is 0 Å². The first-order valence-electron chi connectivity index (χ1n) is 17.3. The molecule has 236 valence electrons. The largest absolute Gasteiger partial charge is 0.310 e. The first kappa shape index (κ1) is 29.7. The van der Waals surface area contributed by atoms with Crippen molar-refractivity contribution < 1.29 is 0 Å². The van der Waals surface area contributed by atoms with Crippen molar-refractivity contribution in [3.63, 3.8) is 0 Å². The molecule has 8 aromatic carbocycles. The summed E-state index contributed by atoms with van der Waals surface area (Å²) in [6.07, 6.45) is 0. The van der Waals surface area contributed by atoms with Crippen LogP contribution in [0.15, 0.2) is 212 Å². The Bertz CT molecular complexity index is 2380. The SMILES string of the molecule is c1ccc(-c2ccc(N(c3ccccc3)c3ccc4c(c3)C(c3ccccc3)(c3ccc(-c5ccccc5)cc3)c3ccccc3-4)cc2)cc1. The van der Waals surface area contributed by atoms with Crippen molar-refractivity contribution >= 4 is 17.1 Å². The van der Waals surface area contributed by atoms with Gasteiger partial charge in [-0.25, -0.2) is 0 Å². The van der Waals surface area contributed by atoms with Crippen LogP contribution in [0.5, 0.6) is 0 Å². The molecule has 0 amide bonds. The summed E-state index contributed by atoms with van der Waals surface area (Å²) in [5.41, 5.74) is 15.4. The van der Waals surface area contributed by atoms with Crippen molar-refractivity contribution in [1.82, 2.24) is 0 Å². The molecule has 1 heteroatoms. The predicted molar refractivity (Wildman–Crippen MR) is 209 cm³/mol. The van der Waals surface area contributed by atoms with Gasteiger partial charge in [0, 0.05) is 17.1 Å². The van der Waals surface area contributed by atoms with Crippen LogP contribution in [0, 0.1) is 0 Å². The Morgan fingerprint density at radius 3 is 1.32 bits per heavy atom. The van der Waals surface area contributed by atoms with Crippen LogP contribution < -0.4 is 4.90 Å². The van der Waals surface area contributed by atoms with Crippen LogP contribution in [0.3, 0.4) is 0 Å². The number of benzene rings is 8. The molecule has 0 saturated carbocycles. The fourth-order valence-corrected chi connectivity index (χ4v) is 7.88. The van der Waals surface area contributed by atoms with Gasteiger partial charge in [0.1, 0.15) is 0 Å². The molecule has 0 N–H and O–H groups in total. The van der Waals surface area contributed by atoms with E-state index in [1.165, 1.54) is 55.6 Å². The first-order chi connectivity index (χ1) is 24.8. The number of nitrogens with zero attached hydrogens (tertiary/aromatic N) is 1. The topological polar surface area (TPSA) is 3.24 Å². The Morgan fingerprint density at radius 1 is 0.280 bits per heavy atom. The van der Waals surface area contributed by atoms with E-state index in [-0.39, 0.29) is 0 Å². The highest BCUT2D eigenvalue weighted by Crippen LogP contribution is 2.57. The quantitative estimate of drug-likeness (QED) is 0.168. The lowest BCUT2D eigenvalue weighted by molar-refractivity contribution is 0.768. The molecule has 1 unspecified atom stereocenters. The number of hydrogen-bond donors (Lipinski definition) is 0. The van der Waals surface area contributed by atoms with Gasteiger partial charge in [0.2, 0.25) is 0 Å². The fourth-order valence-electron chi connectivity index (χ4n) is 7.88. The molecule has 0 radical (unpaired) electrons. The van der Waals surface area contributed by atoms with Gasteiger partial charge in [0.25, 0.3) is 0 Å². The number of anilines is 3. The standard InChI is InChI=1S/C49H35N/c1-5-15-36(16-6-1)38-25-29-41(30-26-38)49(40-19-9-3-10-20-40)47-24-14-13-23-45(47)46-34-33-44(35-48(46)49)50(42-21-11-4-12-22-42)43-31-27-39(28-32-43)37-17-7-2-8-18-37/h1-35H. The van der Waals surface area contributed by atoms with Crippen molar-refractivity contribution in [2.24, 2.45) is 0 Å². The summed E-state index contributed by atoms with van der Waals surface area (Å²) in [6, 6.07) is 77.2. The van der Waals surface area contributed by atoms with E-state index in [2.05, 4.69) is 217 Å². The smallest absolute Gasteiger partial charge is 0.0714 e. The van der Waals surface area contributed by atoms with Crippen molar-refractivity contribution in [3.05, 3.63) is 235 Å². The van der Waals surface area contributed by atoms with Gasteiger partial charge in [-0.15, -0.1) is 0 Å². The number of para-hydroxylation sites is 1. The predicted octanol–water partition coefficient (Wildman–Crippen LogP) is 12.9. The zero-order valence-electron chi connectivity index (χ0n) is 27.7. The van der Waals surface area contributed by atoms with Crippen LogP contribution in [0.25, 0.3) is 33.4 Å². The van der Waals surface area contributed by atoms with Crippen molar-refractivity contribution in [3.8, 4) is 33.4 Å². The molecule has 0 fully saturated rings. The molecule has 0 spiro atoms. The summed E-state index contributed by atoms with van der Waals surface area (Å²) >= 11 is 0. The van der Waals surface area contributed by atoms with E-state index in [0.717, 1.165) is 17.1 Å². The lowest BCUT2D eigenvalue weighted by Crippen LogP contribution is -2.28.